The third-order valence-electron chi connectivity index (χ3n) is 1.82. The first-order valence-electron chi connectivity index (χ1n) is 4.24. The SMILES string of the molecule is CC(O)CC(O)c1cccc(O)c1. The maximum Gasteiger partial charge on any atom is 0.115 e. The van der Waals surface area contributed by atoms with Gasteiger partial charge in [-0.05, 0) is 24.6 Å². The number of benzene rings is 1. The molecule has 0 aliphatic rings. The summed E-state index contributed by atoms with van der Waals surface area (Å²) in [5.41, 5.74) is 0.626. The molecule has 3 nitrogen and oxygen atoms in total. The quantitative estimate of drug-likeness (QED) is 0.658. The van der Waals surface area contributed by atoms with Crippen molar-refractivity contribution in [3.05, 3.63) is 29.8 Å². The number of hydrogen-bond acceptors (Lipinski definition) is 3. The van der Waals surface area contributed by atoms with Crippen molar-refractivity contribution in [1.29, 1.82) is 0 Å². The second kappa shape index (κ2) is 4.25. The number of aliphatic hydroxyl groups is 2. The Morgan fingerprint density at radius 2 is 2.00 bits per heavy atom. The molecule has 0 aromatic heterocycles. The Morgan fingerprint density at radius 1 is 1.31 bits per heavy atom. The van der Waals surface area contributed by atoms with Crippen LogP contribution in [0.1, 0.15) is 25.0 Å². The lowest BCUT2D eigenvalue weighted by atomic mass is 10.0. The Bertz CT molecular complexity index is 271. The molecule has 2 atom stereocenters. The van der Waals surface area contributed by atoms with E-state index in [4.69, 9.17) is 10.2 Å². The van der Waals surface area contributed by atoms with Crippen LogP contribution in [-0.2, 0) is 0 Å². The summed E-state index contributed by atoms with van der Waals surface area (Å²) in [7, 11) is 0. The Kier molecular flexibility index (Phi) is 3.28. The topological polar surface area (TPSA) is 60.7 Å². The minimum absolute atomic E-state index is 0.127. The highest BCUT2D eigenvalue weighted by atomic mass is 16.3. The van der Waals surface area contributed by atoms with E-state index in [1.165, 1.54) is 6.07 Å². The van der Waals surface area contributed by atoms with Crippen molar-refractivity contribution in [2.45, 2.75) is 25.6 Å². The molecule has 0 fully saturated rings. The average molecular weight is 182 g/mol. The highest BCUT2D eigenvalue weighted by Crippen LogP contribution is 2.21. The Labute approximate surface area is 77.3 Å². The summed E-state index contributed by atoms with van der Waals surface area (Å²) in [6.07, 6.45) is -0.979. The molecule has 0 bridgehead atoms. The van der Waals surface area contributed by atoms with Crippen molar-refractivity contribution in [1.82, 2.24) is 0 Å². The van der Waals surface area contributed by atoms with Crippen LogP contribution in [0.3, 0.4) is 0 Å². The summed E-state index contributed by atoms with van der Waals surface area (Å²) < 4.78 is 0. The Hall–Kier alpha value is -1.06. The van der Waals surface area contributed by atoms with Gasteiger partial charge in [-0.2, -0.15) is 0 Å². The first kappa shape index (κ1) is 10.0. The molecular formula is C10H14O3. The Morgan fingerprint density at radius 3 is 2.54 bits per heavy atom. The van der Waals surface area contributed by atoms with Gasteiger partial charge in [0.05, 0.1) is 12.2 Å². The van der Waals surface area contributed by atoms with Crippen molar-refractivity contribution >= 4 is 0 Å². The predicted molar refractivity (Wildman–Crippen MR) is 49.4 cm³/mol. The van der Waals surface area contributed by atoms with E-state index in [0.29, 0.717) is 5.56 Å². The highest BCUT2D eigenvalue weighted by molar-refractivity contribution is 5.28. The van der Waals surface area contributed by atoms with E-state index in [0.717, 1.165) is 0 Å². The molecule has 13 heavy (non-hydrogen) atoms. The molecule has 0 spiro atoms. The lowest BCUT2D eigenvalue weighted by molar-refractivity contribution is 0.0906. The van der Waals surface area contributed by atoms with Gasteiger partial charge in [0, 0.05) is 6.42 Å². The van der Waals surface area contributed by atoms with Gasteiger partial charge < -0.3 is 15.3 Å². The zero-order valence-corrected chi connectivity index (χ0v) is 7.51. The fraction of sp³-hybridized carbons (Fsp3) is 0.400. The predicted octanol–water partition coefficient (Wildman–Crippen LogP) is 1.20. The normalized spacial score (nSPS) is 15.3. The van der Waals surface area contributed by atoms with Crippen molar-refractivity contribution in [2.75, 3.05) is 0 Å². The maximum absolute atomic E-state index is 9.54. The summed E-state index contributed by atoms with van der Waals surface area (Å²) in [6.45, 7) is 1.62. The highest BCUT2D eigenvalue weighted by Gasteiger charge is 2.10. The van der Waals surface area contributed by atoms with E-state index in [1.54, 1.807) is 25.1 Å². The van der Waals surface area contributed by atoms with E-state index in [-0.39, 0.29) is 12.2 Å². The minimum Gasteiger partial charge on any atom is -0.508 e. The first-order chi connectivity index (χ1) is 6.09. The molecular weight excluding hydrogens is 168 g/mol. The van der Waals surface area contributed by atoms with Crippen molar-refractivity contribution in [2.24, 2.45) is 0 Å². The van der Waals surface area contributed by atoms with Crippen LogP contribution in [0.2, 0.25) is 0 Å². The van der Waals surface area contributed by atoms with Gasteiger partial charge in [-0.15, -0.1) is 0 Å². The zero-order chi connectivity index (χ0) is 9.84. The van der Waals surface area contributed by atoms with E-state index in [2.05, 4.69) is 0 Å². The summed E-state index contributed by atoms with van der Waals surface area (Å²) >= 11 is 0. The van der Waals surface area contributed by atoms with Crippen LogP contribution >= 0.6 is 0 Å². The van der Waals surface area contributed by atoms with Gasteiger partial charge in [-0.3, -0.25) is 0 Å². The fourth-order valence-corrected chi connectivity index (χ4v) is 1.19. The zero-order valence-electron chi connectivity index (χ0n) is 7.51. The van der Waals surface area contributed by atoms with Gasteiger partial charge in [0.25, 0.3) is 0 Å². The molecule has 3 N–H and O–H groups in total. The third-order valence-corrected chi connectivity index (χ3v) is 1.82. The van der Waals surface area contributed by atoms with Crippen LogP contribution in [0.25, 0.3) is 0 Å². The molecule has 0 amide bonds. The average Bonchev–Trinajstić information content (AvgIpc) is 2.03. The van der Waals surface area contributed by atoms with Gasteiger partial charge in [-0.25, -0.2) is 0 Å². The van der Waals surface area contributed by atoms with Crippen LogP contribution in [0.5, 0.6) is 5.75 Å². The van der Waals surface area contributed by atoms with Crippen LogP contribution in [-0.4, -0.2) is 21.4 Å². The lowest BCUT2D eigenvalue weighted by Gasteiger charge is -2.12. The number of rotatable bonds is 3. The summed E-state index contributed by atoms with van der Waals surface area (Å²) in [5, 5.41) is 27.7. The molecule has 0 saturated heterocycles. The van der Waals surface area contributed by atoms with Crippen LogP contribution in [0.4, 0.5) is 0 Å². The van der Waals surface area contributed by atoms with Gasteiger partial charge in [0.2, 0.25) is 0 Å². The smallest absolute Gasteiger partial charge is 0.115 e. The van der Waals surface area contributed by atoms with Gasteiger partial charge in [-0.1, -0.05) is 12.1 Å². The first-order valence-corrected chi connectivity index (χ1v) is 4.24. The van der Waals surface area contributed by atoms with Crippen molar-refractivity contribution in [3.63, 3.8) is 0 Å². The Balaban J connectivity index is 2.71. The van der Waals surface area contributed by atoms with Gasteiger partial charge in [0.1, 0.15) is 5.75 Å². The molecule has 0 aliphatic heterocycles. The molecule has 72 valence electrons. The van der Waals surface area contributed by atoms with E-state index in [1.807, 2.05) is 0 Å². The van der Waals surface area contributed by atoms with E-state index >= 15 is 0 Å². The van der Waals surface area contributed by atoms with Crippen molar-refractivity contribution < 1.29 is 15.3 Å². The van der Waals surface area contributed by atoms with Gasteiger partial charge in [0.15, 0.2) is 0 Å². The summed E-state index contributed by atoms with van der Waals surface area (Å²) in [4.78, 5) is 0. The number of hydrogen-bond donors (Lipinski definition) is 3. The standard InChI is InChI=1S/C10H14O3/c1-7(11)5-10(13)8-3-2-4-9(12)6-8/h2-4,6-7,10-13H,5H2,1H3. The monoisotopic (exact) mass is 182 g/mol. The van der Waals surface area contributed by atoms with Gasteiger partial charge >= 0.3 is 0 Å². The number of aliphatic hydroxyl groups excluding tert-OH is 2. The fourth-order valence-electron chi connectivity index (χ4n) is 1.19. The second-order valence-corrected chi connectivity index (χ2v) is 3.20. The van der Waals surface area contributed by atoms with Crippen LogP contribution < -0.4 is 0 Å². The molecule has 1 rings (SSSR count). The number of phenolic OH excluding ortho intramolecular Hbond substituents is 1. The van der Waals surface area contributed by atoms with E-state index in [9.17, 15) is 5.11 Å². The van der Waals surface area contributed by atoms with Crippen molar-refractivity contribution in [3.8, 4) is 5.75 Å². The summed E-state index contributed by atoms with van der Waals surface area (Å²) in [6, 6.07) is 6.41. The van der Waals surface area contributed by atoms with Crippen LogP contribution in [0, 0.1) is 0 Å². The molecule has 0 saturated carbocycles. The molecule has 1 aromatic rings. The largest absolute Gasteiger partial charge is 0.508 e. The molecule has 3 heteroatoms. The molecule has 0 heterocycles. The lowest BCUT2D eigenvalue weighted by Crippen LogP contribution is -2.07. The minimum atomic E-state index is -0.716. The molecule has 0 radical (unpaired) electrons. The molecule has 2 unspecified atom stereocenters. The molecule has 1 aromatic carbocycles. The van der Waals surface area contributed by atoms with Crippen LogP contribution in [0.15, 0.2) is 24.3 Å². The third kappa shape index (κ3) is 3.05. The molecule has 0 aliphatic carbocycles. The number of phenols is 1. The number of aromatic hydroxyl groups is 1. The summed E-state index contributed by atoms with van der Waals surface area (Å²) in [5.74, 6) is 0.127. The van der Waals surface area contributed by atoms with E-state index < -0.39 is 12.2 Å². The second-order valence-electron chi connectivity index (χ2n) is 3.20. The maximum atomic E-state index is 9.54.